The molecule has 0 aromatic rings. The molecule has 2 rings (SSSR count). The highest BCUT2D eigenvalue weighted by Crippen LogP contribution is 2.43. The fourth-order valence-corrected chi connectivity index (χ4v) is 3.49. The Labute approximate surface area is 133 Å². The predicted molar refractivity (Wildman–Crippen MR) is 77.8 cm³/mol. The summed E-state index contributed by atoms with van der Waals surface area (Å²) in [7, 11) is 1.42. The SMILES string of the molecule is CNC(=O)CC1(O)CCCN(C(=O)C(F)(F)C2(O)CCCC2)C1. The molecule has 1 aliphatic carbocycles. The Balaban J connectivity index is 2.11. The van der Waals surface area contributed by atoms with Gasteiger partial charge in [-0.15, -0.1) is 0 Å². The molecule has 1 saturated carbocycles. The van der Waals surface area contributed by atoms with Crippen molar-refractivity contribution >= 4 is 11.8 Å². The van der Waals surface area contributed by atoms with Gasteiger partial charge in [0.05, 0.1) is 18.6 Å². The van der Waals surface area contributed by atoms with E-state index in [0.29, 0.717) is 19.3 Å². The van der Waals surface area contributed by atoms with E-state index >= 15 is 0 Å². The Morgan fingerprint density at radius 3 is 2.35 bits per heavy atom. The number of hydrogen-bond donors (Lipinski definition) is 3. The van der Waals surface area contributed by atoms with Gasteiger partial charge in [0.25, 0.3) is 5.91 Å². The van der Waals surface area contributed by atoms with Crippen LogP contribution in [-0.2, 0) is 9.59 Å². The highest BCUT2D eigenvalue weighted by molar-refractivity contribution is 5.85. The van der Waals surface area contributed by atoms with Crippen LogP contribution in [-0.4, -0.2) is 64.2 Å². The third kappa shape index (κ3) is 3.47. The van der Waals surface area contributed by atoms with Gasteiger partial charge in [-0.05, 0) is 25.7 Å². The number of carbonyl (C=O) groups excluding carboxylic acids is 2. The first kappa shape index (κ1) is 18.1. The second kappa shape index (κ2) is 6.32. The van der Waals surface area contributed by atoms with Gasteiger partial charge in [0.15, 0.2) is 0 Å². The Morgan fingerprint density at radius 2 is 1.78 bits per heavy atom. The van der Waals surface area contributed by atoms with Crippen LogP contribution in [0, 0.1) is 0 Å². The van der Waals surface area contributed by atoms with E-state index in [0.717, 1.165) is 4.90 Å². The summed E-state index contributed by atoms with van der Waals surface area (Å²) in [6.07, 6.45) is 1.04. The van der Waals surface area contributed by atoms with Gasteiger partial charge < -0.3 is 20.4 Å². The molecule has 1 saturated heterocycles. The zero-order chi connectivity index (χ0) is 17.3. The summed E-state index contributed by atoms with van der Waals surface area (Å²) < 4.78 is 28.9. The van der Waals surface area contributed by atoms with E-state index in [-0.39, 0.29) is 38.8 Å². The fourth-order valence-electron chi connectivity index (χ4n) is 3.49. The number of carbonyl (C=O) groups is 2. The molecule has 2 amide bonds. The van der Waals surface area contributed by atoms with Gasteiger partial charge in [0, 0.05) is 13.6 Å². The number of nitrogens with zero attached hydrogens (tertiary/aromatic N) is 1. The Bertz CT molecular complexity index is 480. The van der Waals surface area contributed by atoms with Gasteiger partial charge in [-0.2, -0.15) is 8.78 Å². The van der Waals surface area contributed by atoms with E-state index in [4.69, 9.17) is 0 Å². The van der Waals surface area contributed by atoms with Crippen molar-refractivity contribution in [1.82, 2.24) is 10.2 Å². The molecule has 8 heteroatoms. The number of β-amino-alcohol motifs (C(OH)–C–C–N with tert-alkyl or cyclic N) is 1. The number of amides is 2. The van der Waals surface area contributed by atoms with Crippen LogP contribution in [0.25, 0.3) is 0 Å². The maximum Gasteiger partial charge on any atom is 0.352 e. The molecule has 1 aliphatic heterocycles. The van der Waals surface area contributed by atoms with Crippen molar-refractivity contribution in [3.8, 4) is 0 Å². The van der Waals surface area contributed by atoms with Crippen molar-refractivity contribution in [2.45, 2.75) is 62.1 Å². The lowest BCUT2D eigenvalue weighted by atomic mass is 9.87. The van der Waals surface area contributed by atoms with E-state index in [9.17, 15) is 28.6 Å². The molecule has 23 heavy (non-hydrogen) atoms. The van der Waals surface area contributed by atoms with Crippen LogP contribution in [0.5, 0.6) is 0 Å². The smallest absolute Gasteiger partial charge is 0.352 e. The minimum Gasteiger partial charge on any atom is -0.388 e. The van der Waals surface area contributed by atoms with Crippen molar-refractivity contribution in [3.63, 3.8) is 0 Å². The molecule has 0 spiro atoms. The highest BCUT2D eigenvalue weighted by Gasteiger charge is 2.61. The van der Waals surface area contributed by atoms with E-state index in [1.54, 1.807) is 0 Å². The van der Waals surface area contributed by atoms with E-state index in [1.807, 2.05) is 0 Å². The first-order chi connectivity index (χ1) is 10.6. The number of aliphatic hydroxyl groups is 2. The van der Waals surface area contributed by atoms with Crippen molar-refractivity contribution < 1.29 is 28.6 Å². The van der Waals surface area contributed by atoms with Gasteiger partial charge in [0.1, 0.15) is 5.60 Å². The van der Waals surface area contributed by atoms with Crippen LogP contribution in [0.1, 0.15) is 44.9 Å². The lowest BCUT2D eigenvalue weighted by molar-refractivity contribution is -0.204. The summed E-state index contributed by atoms with van der Waals surface area (Å²) in [5.74, 6) is -5.76. The van der Waals surface area contributed by atoms with E-state index < -0.39 is 28.9 Å². The summed E-state index contributed by atoms with van der Waals surface area (Å²) in [4.78, 5) is 24.6. The molecule has 1 unspecified atom stereocenters. The monoisotopic (exact) mass is 334 g/mol. The zero-order valence-corrected chi connectivity index (χ0v) is 13.3. The van der Waals surface area contributed by atoms with Crippen LogP contribution in [0.4, 0.5) is 8.78 Å². The summed E-state index contributed by atoms with van der Waals surface area (Å²) in [6.45, 7) is -0.245. The van der Waals surface area contributed by atoms with Crippen molar-refractivity contribution in [2.24, 2.45) is 0 Å². The number of nitrogens with one attached hydrogen (secondary N) is 1. The second-order valence-corrected chi connectivity index (χ2v) is 6.72. The lowest BCUT2D eigenvalue weighted by Crippen LogP contribution is -2.61. The van der Waals surface area contributed by atoms with Crippen LogP contribution in [0.2, 0.25) is 0 Å². The second-order valence-electron chi connectivity index (χ2n) is 6.72. The third-order valence-corrected chi connectivity index (χ3v) is 4.89. The van der Waals surface area contributed by atoms with Gasteiger partial charge in [0.2, 0.25) is 5.91 Å². The fraction of sp³-hybridized carbons (Fsp3) is 0.867. The molecule has 0 aromatic heterocycles. The molecule has 3 N–H and O–H groups in total. The number of halogens is 2. The molecule has 2 aliphatic rings. The number of alkyl halides is 2. The number of piperidine rings is 1. The van der Waals surface area contributed by atoms with Crippen molar-refractivity contribution in [1.29, 1.82) is 0 Å². The number of rotatable bonds is 4. The molecular formula is C15H24F2N2O4. The summed E-state index contributed by atoms with van der Waals surface area (Å²) >= 11 is 0. The van der Waals surface area contributed by atoms with Crippen molar-refractivity contribution in [2.75, 3.05) is 20.1 Å². The minimum atomic E-state index is -3.88. The zero-order valence-electron chi connectivity index (χ0n) is 13.3. The Hall–Kier alpha value is -1.28. The van der Waals surface area contributed by atoms with E-state index in [1.165, 1.54) is 7.05 Å². The molecule has 2 fully saturated rings. The largest absolute Gasteiger partial charge is 0.388 e. The molecule has 0 aromatic carbocycles. The Kier molecular flexibility index (Phi) is 4.96. The molecule has 6 nitrogen and oxygen atoms in total. The van der Waals surface area contributed by atoms with Crippen molar-refractivity contribution in [3.05, 3.63) is 0 Å². The maximum absolute atomic E-state index is 14.5. The van der Waals surface area contributed by atoms with Crippen LogP contribution in [0.15, 0.2) is 0 Å². The predicted octanol–water partition coefficient (Wildman–Crippen LogP) is 0.416. The molecule has 132 valence electrons. The van der Waals surface area contributed by atoms with Crippen LogP contribution >= 0.6 is 0 Å². The molecule has 1 heterocycles. The topological polar surface area (TPSA) is 89.9 Å². The first-order valence-corrected chi connectivity index (χ1v) is 7.96. The lowest BCUT2D eigenvalue weighted by Gasteiger charge is -2.42. The average Bonchev–Trinajstić information content (AvgIpc) is 2.94. The highest BCUT2D eigenvalue weighted by atomic mass is 19.3. The number of likely N-dealkylation sites (tertiary alicyclic amines) is 1. The third-order valence-electron chi connectivity index (χ3n) is 4.89. The summed E-state index contributed by atoms with van der Waals surface area (Å²) in [5, 5.41) is 22.9. The summed E-state index contributed by atoms with van der Waals surface area (Å²) in [6, 6.07) is 0. The van der Waals surface area contributed by atoms with Crippen LogP contribution in [0.3, 0.4) is 0 Å². The number of hydrogen-bond acceptors (Lipinski definition) is 4. The Morgan fingerprint density at radius 1 is 1.17 bits per heavy atom. The molecule has 1 atom stereocenters. The van der Waals surface area contributed by atoms with Gasteiger partial charge >= 0.3 is 5.92 Å². The van der Waals surface area contributed by atoms with Gasteiger partial charge in [-0.25, -0.2) is 0 Å². The molecule has 0 radical (unpaired) electrons. The maximum atomic E-state index is 14.5. The quantitative estimate of drug-likeness (QED) is 0.695. The van der Waals surface area contributed by atoms with E-state index in [2.05, 4.69) is 5.32 Å². The van der Waals surface area contributed by atoms with Gasteiger partial charge in [-0.1, -0.05) is 12.8 Å². The first-order valence-electron chi connectivity index (χ1n) is 7.96. The normalized spacial score (nSPS) is 27.8. The minimum absolute atomic E-state index is 0.0839. The standard InChI is InChI=1S/C15H24F2N2O4/c1-18-11(20)9-13(22)5-4-8-19(10-13)12(21)15(16,17)14(23)6-2-3-7-14/h22-23H,2-10H2,1H3,(H,18,20). The molecular weight excluding hydrogens is 310 g/mol. The van der Waals surface area contributed by atoms with Crippen LogP contribution < -0.4 is 5.32 Å². The average molecular weight is 334 g/mol. The summed E-state index contributed by atoms with van der Waals surface area (Å²) in [5.41, 5.74) is -3.82. The molecule has 0 bridgehead atoms. The van der Waals surface area contributed by atoms with Gasteiger partial charge in [-0.3, -0.25) is 9.59 Å².